The van der Waals surface area contributed by atoms with Gasteiger partial charge in [0.1, 0.15) is 6.04 Å². The summed E-state index contributed by atoms with van der Waals surface area (Å²) in [5, 5.41) is 9.68. The maximum absolute atomic E-state index is 12.1. The van der Waals surface area contributed by atoms with Crippen molar-refractivity contribution in [3.63, 3.8) is 0 Å². The Labute approximate surface area is 180 Å². The number of carbonyl (C=O) groups excluding carboxylic acids is 2. The molecule has 0 radical (unpaired) electrons. The van der Waals surface area contributed by atoms with Gasteiger partial charge in [0.2, 0.25) is 11.8 Å². The van der Waals surface area contributed by atoms with Gasteiger partial charge in [0, 0.05) is 24.2 Å². The second-order valence-corrected chi connectivity index (χ2v) is 8.82. The van der Waals surface area contributed by atoms with Crippen LogP contribution >= 0.6 is 0 Å². The lowest BCUT2D eigenvalue weighted by Crippen LogP contribution is -2.47. The summed E-state index contributed by atoms with van der Waals surface area (Å²) in [6.07, 6.45) is 13.3. The van der Waals surface area contributed by atoms with Gasteiger partial charge in [-0.15, -0.1) is 0 Å². The number of hydrogen-bond donors (Lipinski definition) is 4. The molecule has 1 saturated carbocycles. The maximum atomic E-state index is 12.1. The smallest absolute Gasteiger partial charge is 0.249 e. The van der Waals surface area contributed by atoms with Crippen molar-refractivity contribution in [2.45, 2.75) is 95.2 Å². The SMILES string of the molecule is NCCCCCCC(NC1CCCCC1)c1cccc(NC2CCC(=O)NC2=O)c1. The van der Waals surface area contributed by atoms with E-state index in [-0.39, 0.29) is 17.9 Å². The van der Waals surface area contributed by atoms with Gasteiger partial charge in [-0.2, -0.15) is 0 Å². The molecule has 2 unspecified atom stereocenters. The van der Waals surface area contributed by atoms with E-state index < -0.39 is 0 Å². The van der Waals surface area contributed by atoms with E-state index in [0.29, 0.717) is 24.9 Å². The summed E-state index contributed by atoms with van der Waals surface area (Å²) in [7, 11) is 0. The molecule has 2 aliphatic rings. The zero-order valence-electron chi connectivity index (χ0n) is 18.1. The molecule has 2 amide bonds. The number of benzene rings is 1. The Hall–Kier alpha value is -1.92. The number of imide groups is 1. The van der Waals surface area contributed by atoms with E-state index in [0.717, 1.165) is 25.1 Å². The zero-order chi connectivity index (χ0) is 21.2. The first-order valence-electron chi connectivity index (χ1n) is 11.8. The van der Waals surface area contributed by atoms with Gasteiger partial charge in [-0.05, 0) is 56.3 Å². The predicted octanol–water partition coefficient (Wildman–Crippen LogP) is 3.78. The van der Waals surface area contributed by atoms with Crippen LogP contribution in [0.5, 0.6) is 0 Å². The molecule has 1 aliphatic carbocycles. The third kappa shape index (κ3) is 7.10. The van der Waals surface area contributed by atoms with Crippen molar-refractivity contribution in [1.82, 2.24) is 10.6 Å². The summed E-state index contributed by atoms with van der Waals surface area (Å²) in [6.45, 7) is 0.776. The van der Waals surface area contributed by atoms with Gasteiger partial charge in [0.25, 0.3) is 0 Å². The van der Waals surface area contributed by atoms with Crippen molar-refractivity contribution in [2.24, 2.45) is 5.73 Å². The zero-order valence-corrected chi connectivity index (χ0v) is 18.1. The summed E-state index contributed by atoms with van der Waals surface area (Å²) in [5.74, 6) is -0.411. The standard InChI is InChI=1S/C24H38N4O2/c25-16-7-2-1-6-13-21(26-19-10-4-3-5-11-19)18-9-8-12-20(17-18)27-22-14-15-23(29)28-24(22)30/h8-9,12,17,19,21-22,26-27H,1-7,10-11,13-16,25H2,(H,28,29,30). The molecule has 3 rings (SSSR count). The molecule has 1 saturated heterocycles. The highest BCUT2D eigenvalue weighted by Gasteiger charge is 2.26. The average Bonchev–Trinajstić information content (AvgIpc) is 2.76. The summed E-state index contributed by atoms with van der Waals surface area (Å²) >= 11 is 0. The average molecular weight is 415 g/mol. The number of piperidine rings is 1. The Morgan fingerprint density at radius 1 is 1.03 bits per heavy atom. The fourth-order valence-electron chi connectivity index (χ4n) is 4.62. The summed E-state index contributed by atoms with van der Waals surface area (Å²) in [4.78, 5) is 23.5. The molecule has 0 aromatic heterocycles. The number of nitrogens with one attached hydrogen (secondary N) is 3. The minimum absolute atomic E-state index is 0.182. The Morgan fingerprint density at radius 3 is 2.60 bits per heavy atom. The van der Waals surface area contributed by atoms with E-state index in [1.54, 1.807) is 0 Å². The fourth-order valence-corrected chi connectivity index (χ4v) is 4.62. The third-order valence-electron chi connectivity index (χ3n) is 6.36. The minimum Gasteiger partial charge on any atom is -0.374 e. The van der Waals surface area contributed by atoms with E-state index in [2.05, 4.69) is 34.1 Å². The molecular weight excluding hydrogens is 376 g/mol. The highest BCUT2D eigenvalue weighted by atomic mass is 16.2. The van der Waals surface area contributed by atoms with E-state index in [4.69, 9.17) is 5.73 Å². The summed E-state index contributed by atoms with van der Waals surface area (Å²) in [5.41, 5.74) is 7.85. The molecule has 1 aromatic rings. The monoisotopic (exact) mass is 414 g/mol. The van der Waals surface area contributed by atoms with E-state index in [1.807, 2.05) is 6.07 Å². The van der Waals surface area contributed by atoms with Crippen LogP contribution in [-0.4, -0.2) is 30.4 Å². The van der Waals surface area contributed by atoms with Crippen LogP contribution in [0.3, 0.4) is 0 Å². The van der Waals surface area contributed by atoms with Crippen molar-refractivity contribution in [2.75, 3.05) is 11.9 Å². The Kier molecular flexibility index (Phi) is 9.15. The Morgan fingerprint density at radius 2 is 1.83 bits per heavy atom. The number of anilines is 1. The van der Waals surface area contributed by atoms with Crippen LogP contribution < -0.4 is 21.7 Å². The maximum Gasteiger partial charge on any atom is 0.249 e. The Balaban J connectivity index is 1.64. The third-order valence-corrected chi connectivity index (χ3v) is 6.36. The van der Waals surface area contributed by atoms with Crippen LogP contribution in [0.25, 0.3) is 0 Å². The number of hydrogen-bond acceptors (Lipinski definition) is 5. The molecule has 1 aliphatic heterocycles. The van der Waals surface area contributed by atoms with Crippen LogP contribution in [0.1, 0.15) is 88.7 Å². The number of amides is 2. The topological polar surface area (TPSA) is 96.2 Å². The van der Waals surface area contributed by atoms with Gasteiger partial charge in [-0.25, -0.2) is 0 Å². The molecule has 6 nitrogen and oxygen atoms in total. The van der Waals surface area contributed by atoms with Crippen molar-refractivity contribution in [1.29, 1.82) is 0 Å². The van der Waals surface area contributed by atoms with Crippen molar-refractivity contribution < 1.29 is 9.59 Å². The number of rotatable bonds is 11. The molecule has 166 valence electrons. The van der Waals surface area contributed by atoms with Gasteiger partial charge in [-0.1, -0.05) is 50.7 Å². The van der Waals surface area contributed by atoms with Gasteiger partial charge >= 0.3 is 0 Å². The summed E-state index contributed by atoms with van der Waals surface area (Å²) in [6, 6.07) is 9.01. The largest absolute Gasteiger partial charge is 0.374 e. The molecule has 1 heterocycles. The Bertz CT molecular complexity index is 688. The fraction of sp³-hybridized carbons (Fsp3) is 0.667. The minimum atomic E-state index is -0.348. The van der Waals surface area contributed by atoms with Gasteiger partial charge in [0.05, 0.1) is 0 Å². The van der Waals surface area contributed by atoms with Crippen LogP contribution in [0.15, 0.2) is 24.3 Å². The van der Waals surface area contributed by atoms with Gasteiger partial charge < -0.3 is 16.4 Å². The van der Waals surface area contributed by atoms with Crippen LogP contribution in [0, 0.1) is 0 Å². The van der Waals surface area contributed by atoms with Crippen LogP contribution in [0.4, 0.5) is 5.69 Å². The highest BCUT2D eigenvalue weighted by molar-refractivity contribution is 6.01. The molecule has 0 bridgehead atoms. The molecule has 0 spiro atoms. The van der Waals surface area contributed by atoms with Crippen LogP contribution in [-0.2, 0) is 9.59 Å². The van der Waals surface area contributed by atoms with E-state index >= 15 is 0 Å². The first-order chi connectivity index (χ1) is 14.7. The van der Waals surface area contributed by atoms with E-state index in [1.165, 1.54) is 56.9 Å². The van der Waals surface area contributed by atoms with Crippen LogP contribution in [0.2, 0.25) is 0 Å². The molecule has 1 aromatic carbocycles. The number of unbranched alkanes of at least 4 members (excludes halogenated alkanes) is 3. The van der Waals surface area contributed by atoms with Crippen molar-refractivity contribution in [3.8, 4) is 0 Å². The second kappa shape index (κ2) is 12.1. The lowest BCUT2D eigenvalue weighted by Gasteiger charge is -2.29. The number of nitrogens with two attached hydrogens (primary N) is 1. The molecule has 2 atom stereocenters. The lowest BCUT2D eigenvalue weighted by molar-refractivity contribution is -0.133. The highest BCUT2D eigenvalue weighted by Crippen LogP contribution is 2.27. The van der Waals surface area contributed by atoms with Gasteiger partial charge in [-0.3, -0.25) is 14.9 Å². The molecule has 2 fully saturated rings. The van der Waals surface area contributed by atoms with E-state index in [9.17, 15) is 9.59 Å². The molecule has 30 heavy (non-hydrogen) atoms. The quantitative estimate of drug-likeness (QED) is 0.326. The lowest BCUT2D eigenvalue weighted by atomic mass is 9.92. The normalized spacial score (nSPS) is 21.3. The predicted molar refractivity (Wildman–Crippen MR) is 121 cm³/mol. The van der Waals surface area contributed by atoms with Gasteiger partial charge in [0.15, 0.2) is 0 Å². The number of carbonyl (C=O) groups is 2. The molecule has 6 heteroatoms. The molecular formula is C24H38N4O2. The molecule has 5 N–H and O–H groups in total. The summed E-state index contributed by atoms with van der Waals surface area (Å²) < 4.78 is 0. The van der Waals surface area contributed by atoms with Crippen molar-refractivity contribution >= 4 is 17.5 Å². The first-order valence-corrected chi connectivity index (χ1v) is 11.8. The first kappa shape index (κ1) is 22.8. The van der Waals surface area contributed by atoms with Crippen molar-refractivity contribution in [3.05, 3.63) is 29.8 Å². The second-order valence-electron chi connectivity index (χ2n) is 8.82.